The summed E-state index contributed by atoms with van der Waals surface area (Å²) < 4.78 is 2.41. The molecular formula is C43H28N2. The van der Waals surface area contributed by atoms with E-state index in [1.165, 1.54) is 92.1 Å². The van der Waals surface area contributed by atoms with E-state index in [0.29, 0.717) is 0 Å². The van der Waals surface area contributed by atoms with Gasteiger partial charge in [-0.05, 0) is 97.2 Å². The maximum absolute atomic E-state index is 4.33. The Labute approximate surface area is 259 Å². The zero-order valence-electron chi connectivity index (χ0n) is 24.9. The van der Waals surface area contributed by atoms with Crippen LogP contribution < -0.4 is 0 Å². The van der Waals surface area contributed by atoms with Crippen molar-refractivity contribution in [2.45, 2.75) is 6.92 Å². The molecule has 2 aromatic heterocycles. The van der Waals surface area contributed by atoms with E-state index < -0.39 is 0 Å². The van der Waals surface area contributed by atoms with Crippen molar-refractivity contribution in [1.29, 1.82) is 0 Å². The third kappa shape index (κ3) is 3.13. The number of nitrogens with one attached hydrogen (secondary N) is 1. The van der Waals surface area contributed by atoms with Crippen LogP contribution in [0.25, 0.3) is 104 Å². The summed E-state index contributed by atoms with van der Waals surface area (Å²) in [5.74, 6) is 0. The van der Waals surface area contributed by atoms with E-state index in [1.54, 1.807) is 0 Å². The number of nitrogens with zero attached hydrogens (tertiary/aromatic N) is 1. The summed E-state index contributed by atoms with van der Waals surface area (Å²) in [6, 6.07) is 42.5. The summed E-state index contributed by atoms with van der Waals surface area (Å²) in [5.41, 5.74) is 6.99. The summed E-state index contributed by atoms with van der Waals surface area (Å²) in [5, 5.41) is 16.7. The molecule has 0 saturated carbocycles. The third-order valence-corrected chi connectivity index (χ3v) is 9.89. The number of benzene rings is 8. The first-order valence-electron chi connectivity index (χ1n) is 15.6. The molecule has 0 unspecified atom stereocenters. The van der Waals surface area contributed by atoms with Gasteiger partial charge in [0.05, 0.1) is 11.2 Å². The van der Waals surface area contributed by atoms with Gasteiger partial charge in [-0.1, -0.05) is 104 Å². The Morgan fingerprint density at radius 3 is 2.00 bits per heavy atom. The average Bonchev–Trinajstić information content (AvgIpc) is 3.62. The minimum absolute atomic E-state index is 1.11. The molecule has 10 aromatic rings. The van der Waals surface area contributed by atoms with Crippen LogP contribution in [0.3, 0.4) is 0 Å². The van der Waals surface area contributed by atoms with E-state index in [9.17, 15) is 0 Å². The van der Waals surface area contributed by atoms with E-state index in [2.05, 4.69) is 150 Å². The Morgan fingerprint density at radius 2 is 1.22 bits per heavy atom. The van der Waals surface area contributed by atoms with Gasteiger partial charge in [0.15, 0.2) is 0 Å². The van der Waals surface area contributed by atoms with Crippen molar-refractivity contribution in [3.05, 3.63) is 139 Å². The van der Waals surface area contributed by atoms with Gasteiger partial charge in [-0.15, -0.1) is 0 Å². The van der Waals surface area contributed by atoms with Crippen LogP contribution in [0.1, 0.15) is 18.2 Å². The van der Waals surface area contributed by atoms with E-state index >= 15 is 0 Å². The summed E-state index contributed by atoms with van der Waals surface area (Å²) in [6.45, 7) is 6.43. The monoisotopic (exact) mass is 572 g/mol. The van der Waals surface area contributed by atoms with Crippen molar-refractivity contribution in [2.24, 2.45) is 0 Å². The molecule has 0 saturated heterocycles. The lowest BCUT2D eigenvalue weighted by molar-refractivity contribution is 1.11. The predicted octanol–water partition coefficient (Wildman–Crippen LogP) is 12.1. The SMILES string of the molecule is C=Cc1c(/C=C\C)c2c3cccc4c5cccc6c7c(cc(c(cc2n1-c1ccc2ccccc2c1)c43)c56)[nH]c1ccccc17. The second-order valence-electron chi connectivity index (χ2n) is 12.2. The first-order chi connectivity index (χ1) is 22.2. The van der Waals surface area contributed by atoms with E-state index in [-0.39, 0.29) is 0 Å². The van der Waals surface area contributed by atoms with Crippen LogP contribution in [0.2, 0.25) is 0 Å². The van der Waals surface area contributed by atoms with Gasteiger partial charge in [0.1, 0.15) is 0 Å². The maximum Gasteiger partial charge on any atom is 0.0553 e. The van der Waals surface area contributed by atoms with Gasteiger partial charge in [0, 0.05) is 38.4 Å². The van der Waals surface area contributed by atoms with Crippen LogP contribution >= 0.6 is 0 Å². The van der Waals surface area contributed by atoms with Gasteiger partial charge in [0.25, 0.3) is 0 Å². The fourth-order valence-electron chi connectivity index (χ4n) is 8.14. The van der Waals surface area contributed by atoms with Crippen LogP contribution in [0.4, 0.5) is 0 Å². The Morgan fingerprint density at radius 1 is 0.556 bits per heavy atom. The molecule has 2 heterocycles. The molecule has 2 nitrogen and oxygen atoms in total. The van der Waals surface area contributed by atoms with Gasteiger partial charge in [-0.25, -0.2) is 0 Å². The first-order valence-corrected chi connectivity index (χ1v) is 15.6. The number of H-pyrrole nitrogens is 1. The van der Waals surface area contributed by atoms with Crippen LogP contribution in [0.15, 0.2) is 128 Å². The summed E-state index contributed by atoms with van der Waals surface area (Å²) in [4.78, 5) is 3.75. The molecule has 45 heavy (non-hydrogen) atoms. The highest BCUT2D eigenvalue weighted by atomic mass is 15.0. The number of hydrogen-bond donors (Lipinski definition) is 1. The predicted molar refractivity (Wildman–Crippen MR) is 196 cm³/mol. The average molecular weight is 573 g/mol. The van der Waals surface area contributed by atoms with Gasteiger partial charge in [-0.2, -0.15) is 0 Å². The van der Waals surface area contributed by atoms with E-state index in [0.717, 1.165) is 11.4 Å². The molecule has 0 aliphatic rings. The summed E-state index contributed by atoms with van der Waals surface area (Å²) in [7, 11) is 0. The number of hydrogen-bond acceptors (Lipinski definition) is 0. The zero-order valence-corrected chi connectivity index (χ0v) is 24.9. The molecule has 0 aliphatic carbocycles. The van der Waals surface area contributed by atoms with E-state index in [1.807, 2.05) is 6.08 Å². The third-order valence-electron chi connectivity index (χ3n) is 9.89. The molecule has 0 aliphatic heterocycles. The molecule has 10 rings (SSSR count). The molecule has 0 atom stereocenters. The number of aromatic amines is 1. The molecule has 210 valence electrons. The van der Waals surface area contributed by atoms with Gasteiger partial charge in [-0.3, -0.25) is 0 Å². The molecule has 2 heteroatoms. The van der Waals surface area contributed by atoms with Crippen molar-refractivity contribution < 1.29 is 0 Å². The zero-order chi connectivity index (χ0) is 29.8. The number of aromatic nitrogens is 2. The molecule has 1 N–H and O–H groups in total. The molecule has 8 aromatic carbocycles. The van der Waals surface area contributed by atoms with Crippen molar-refractivity contribution in [1.82, 2.24) is 9.55 Å². The highest BCUT2D eigenvalue weighted by Crippen LogP contribution is 2.47. The minimum atomic E-state index is 1.11. The minimum Gasteiger partial charge on any atom is -0.354 e. The van der Waals surface area contributed by atoms with Crippen LogP contribution in [-0.2, 0) is 0 Å². The fraction of sp³-hybridized carbons (Fsp3) is 0.0233. The largest absolute Gasteiger partial charge is 0.354 e. The fourth-order valence-corrected chi connectivity index (χ4v) is 8.14. The second-order valence-corrected chi connectivity index (χ2v) is 12.2. The molecular weight excluding hydrogens is 544 g/mol. The highest BCUT2D eigenvalue weighted by molar-refractivity contribution is 6.40. The number of allylic oxidation sites excluding steroid dienone is 1. The Balaban J connectivity index is 1.47. The van der Waals surface area contributed by atoms with Gasteiger partial charge >= 0.3 is 0 Å². The second kappa shape index (κ2) is 8.84. The van der Waals surface area contributed by atoms with Crippen LogP contribution in [0, 0.1) is 0 Å². The Bertz CT molecular complexity index is 2890. The van der Waals surface area contributed by atoms with Crippen LogP contribution in [-0.4, -0.2) is 9.55 Å². The molecule has 0 fully saturated rings. The van der Waals surface area contributed by atoms with E-state index in [4.69, 9.17) is 0 Å². The van der Waals surface area contributed by atoms with Crippen molar-refractivity contribution in [3.63, 3.8) is 0 Å². The maximum atomic E-state index is 4.33. The quantitative estimate of drug-likeness (QED) is 0.161. The standard InChI is InChI=1S/C43H28N2/c1-3-11-31-38(4-2)45(27-21-20-25-12-5-6-13-26(25)22-27)39-24-35-34-23-37-42(30-14-7-8-19-36(30)44-37)32-17-9-15-28(40(32)34)29-16-10-18-33(41(29)35)43(31)39/h3-24,44H,2H2,1H3/b11-3-. The summed E-state index contributed by atoms with van der Waals surface area (Å²) >= 11 is 0. The van der Waals surface area contributed by atoms with Crippen molar-refractivity contribution >= 4 is 98.7 Å². The van der Waals surface area contributed by atoms with Crippen molar-refractivity contribution in [3.8, 4) is 5.69 Å². The van der Waals surface area contributed by atoms with Gasteiger partial charge in [0.2, 0.25) is 0 Å². The van der Waals surface area contributed by atoms with Crippen LogP contribution in [0.5, 0.6) is 0 Å². The lowest BCUT2D eigenvalue weighted by atomic mass is 9.87. The lowest BCUT2D eigenvalue weighted by Crippen LogP contribution is -1.97. The van der Waals surface area contributed by atoms with Crippen molar-refractivity contribution in [2.75, 3.05) is 0 Å². The lowest BCUT2D eigenvalue weighted by Gasteiger charge is -2.17. The molecule has 0 amide bonds. The highest BCUT2D eigenvalue weighted by Gasteiger charge is 2.23. The molecule has 0 bridgehead atoms. The first kappa shape index (κ1) is 24.6. The number of para-hydroxylation sites is 1. The Kier molecular flexibility index (Phi) is 4.83. The molecule has 0 radical (unpaired) electrons. The Hall–Kier alpha value is -5.86. The molecule has 0 spiro atoms. The smallest absolute Gasteiger partial charge is 0.0553 e. The van der Waals surface area contributed by atoms with Gasteiger partial charge < -0.3 is 9.55 Å². The summed E-state index contributed by atoms with van der Waals surface area (Å²) in [6.07, 6.45) is 6.41. The topological polar surface area (TPSA) is 20.7 Å². The number of fused-ring (bicyclic) bond motifs is 9. The normalized spacial score (nSPS) is 12.6. The number of rotatable bonds is 3.